The van der Waals surface area contributed by atoms with Gasteiger partial charge in [0.1, 0.15) is 0 Å². The molecular formula is C20H19NO. The normalized spacial score (nSPS) is 19.9. The topological polar surface area (TPSA) is 20.3 Å². The van der Waals surface area contributed by atoms with Gasteiger partial charge in [-0.3, -0.25) is 4.79 Å². The van der Waals surface area contributed by atoms with Gasteiger partial charge >= 0.3 is 0 Å². The molecule has 5 rings (SSSR count). The maximum atomic E-state index is 12.4. The monoisotopic (exact) mass is 289 g/mol. The molecule has 0 amide bonds. The van der Waals surface area contributed by atoms with Crippen molar-refractivity contribution in [3.8, 4) is 11.1 Å². The van der Waals surface area contributed by atoms with Gasteiger partial charge in [-0.2, -0.15) is 0 Å². The van der Waals surface area contributed by atoms with Crippen molar-refractivity contribution < 1.29 is 4.79 Å². The van der Waals surface area contributed by atoms with Crippen molar-refractivity contribution in [1.29, 1.82) is 0 Å². The Balaban J connectivity index is 1.69. The van der Waals surface area contributed by atoms with E-state index < -0.39 is 0 Å². The van der Waals surface area contributed by atoms with Gasteiger partial charge in [-0.05, 0) is 41.7 Å². The number of ketones is 1. The molecule has 3 aliphatic heterocycles. The molecule has 0 aromatic heterocycles. The molecule has 3 heterocycles. The fourth-order valence-electron chi connectivity index (χ4n) is 3.51. The minimum absolute atomic E-state index is 0.258. The van der Waals surface area contributed by atoms with Crippen LogP contribution in [0.4, 0.5) is 0 Å². The van der Waals surface area contributed by atoms with Crippen molar-refractivity contribution >= 4 is 11.9 Å². The number of nitrogens with zero attached hydrogens (tertiary/aromatic N) is 1. The average Bonchev–Trinajstić information content (AvgIpc) is 2.60. The van der Waals surface area contributed by atoms with Crippen LogP contribution >= 0.6 is 0 Å². The summed E-state index contributed by atoms with van der Waals surface area (Å²) in [4.78, 5) is 14.7. The summed E-state index contributed by atoms with van der Waals surface area (Å²) < 4.78 is 0. The zero-order valence-electron chi connectivity index (χ0n) is 12.5. The molecule has 0 atom stereocenters. The molecule has 0 unspecified atom stereocenters. The largest absolute Gasteiger partial charge is 0.369 e. The highest BCUT2D eigenvalue weighted by Gasteiger charge is 2.36. The Morgan fingerprint density at radius 2 is 1.64 bits per heavy atom. The summed E-state index contributed by atoms with van der Waals surface area (Å²) in [6.07, 6.45) is 4.13. The van der Waals surface area contributed by atoms with E-state index in [0.717, 1.165) is 37.2 Å². The number of Topliss-reactive ketones (excluding diaryl/α,β-unsaturated/α-hetero) is 1. The molecular weight excluding hydrogens is 270 g/mol. The van der Waals surface area contributed by atoms with E-state index in [0.29, 0.717) is 5.78 Å². The van der Waals surface area contributed by atoms with E-state index in [9.17, 15) is 4.79 Å². The molecule has 2 bridgehead atoms. The van der Waals surface area contributed by atoms with Crippen LogP contribution in [0.2, 0.25) is 0 Å². The maximum Gasteiger partial charge on any atom is 0.182 e. The minimum Gasteiger partial charge on any atom is -0.369 e. The molecule has 22 heavy (non-hydrogen) atoms. The number of hydrogen-bond donors (Lipinski definition) is 0. The number of carbonyl (C=O) groups is 1. The highest BCUT2D eigenvalue weighted by atomic mass is 16.1. The lowest BCUT2D eigenvalue weighted by Gasteiger charge is -2.41. The van der Waals surface area contributed by atoms with Gasteiger partial charge in [-0.25, -0.2) is 0 Å². The highest BCUT2D eigenvalue weighted by molar-refractivity contribution is 6.02. The summed E-state index contributed by atoms with van der Waals surface area (Å²) in [5.74, 6) is 0.594. The molecule has 2 aromatic carbocycles. The molecule has 110 valence electrons. The van der Waals surface area contributed by atoms with Crippen LogP contribution in [0.25, 0.3) is 17.2 Å². The smallest absolute Gasteiger partial charge is 0.182 e. The molecule has 2 aromatic rings. The Morgan fingerprint density at radius 3 is 2.36 bits per heavy atom. The first kappa shape index (κ1) is 13.3. The Kier molecular flexibility index (Phi) is 3.30. The van der Waals surface area contributed by atoms with Crippen molar-refractivity contribution in [2.24, 2.45) is 5.92 Å². The van der Waals surface area contributed by atoms with E-state index in [1.807, 2.05) is 6.07 Å². The van der Waals surface area contributed by atoms with Crippen LogP contribution in [0.5, 0.6) is 0 Å². The number of rotatable bonds is 2. The van der Waals surface area contributed by atoms with Crippen molar-refractivity contribution in [2.45, 2.75) is 12.8 Å². The third-order valence-corrected chi connectivity index (χ3v) is 4.76. The number of allylic oxidation sites excluding steroid dienone is 1. The van der Waals surface area contributed by atoms with Gasteiger partial charge in [0.25, 0.3) is 0 Å². The predicted molar refractivity (Wildman–Crippen MR) is 89.2 cm³/mol. The number of carbonyl (C=O) groups excluding carboxylic acids is 1. The molecule has 0 saturated carbocycles. The standard InChI is InChI=1S/C20H19NO/c22-20-17-9-11-21(12-10-17)19(20)14-15-5-4-8-18(13-15)16-6-2-1-3-7-16/h1-8,13-14,17H,9-12H2/b19-14-. The molecule has 3 fully saturated rings. The molecule has 0 radical (unpaired) electrons. The fraction of sp³-hybridized carbons (Fsp3) is 0.250. The van der Waals surface area contributed by atoms with Gasteiger partial charge in [0.2, 0.25) is 0 Å². The van der Waals surface area contributed by atoms with Crippen LogP contribution in [0.1, 0.15) is 18.4 Å². The molecule has 2 heteroatoms. The van der Waals surface area contributed by atoms with E-state index in [1.165, 1.54) is 11.1 Å². The lowest BCUT2D eigenvalue weighted by atomic mass is 9.84. The highest BCUT2D eigenvalue weighted by Crippen LogP contribution is 2.32. The van der Waals surface area contributed by atoms with Gasteiger partial charge in [-0.15, -0.1) is 0 Å². The summed E-state index contributed by atoms with van der Waals surface area (Å²) in [5, 5.41) is 0. The van der Waals surface area contributed by atoms with E-state index in [2.05, 4.69) is 59.5 Å². The molecule has 0 spiro atoms. The number of fused-ring (bicyclic) bond motifs is 3. The van der Waals surface area contributed by atoms with Crippen LogP contribution in [0, 0.1) is 5.92 Å². The second-order valence-electron chi connectivity index (χ2n) is 6.15. The molecule has 0 N–H and O–H groups in total. The van der Waals surface area contributed by atoms with E-state index in [-0.39, 0.29) is 5.92 Å². The summed E-state index contributed by atoms with van der Waals surface area (Å²) in [5.41, 5.74) is 4.42. The van der Waals surface area contributed by atoms with Crippen LogP contribution in [-0.4, -0.2) is 23.8 Å². The zero-order valence-corrected chi connectivity index (χ0v) is 12.5. The number of piperidine rings is 3. The van der Waals surface area contributed by atoms with Crippen LogP contribution in [0.15, 0.2) is 60.3 Å². The van der Waals surface area contributed by atoms with Crippen molar-refractivity contribution in [3.05, 3.63) is 65.9 Å². The third-order valence-electron chi connectivity index (χ3n) is 4.76. The SMILES string of the molecule is O=C1/C(=C/c2cccc(-c3ccccc3)c2)N2CCC1CC2. The summed E-state index contributed by atoms with van der Waals surface area (Å²) >= 11 is 0. The quantitative estimate of drug-likeness (QED) is 0.779. The summed E-state index contributed by atoms with van der Waals surface area (Å²) in [6, 6.07) is 18.8. The minimum atomic E-state index is 0.258. The van der Waals surface area contributed by atoms with Crippen molar-refractivity contribution in [1.82, 2.24) is 4.90 Å². The average molecular weight is 289 g/mol. The first-order chi connectivity index (χ1) is 10.8. The molecule has 0 aliphatic carbocycles. The Bertz CT molecular complexity index is 724. The van der Waals surface area contributed by atoms with Crippen molar-refractivity contribution in [2.75, 3.05) is 13.1 Å². The number of hydrogen-bond acceptors (Lipinski definition) is 2. The lowest BCUT2D eigenvalue weighted by Crippen LogP contribution is -2.45. The second-order valence-corrected chi connectivity index (χ2v) is 6.15. The molecule has 3 aliphatic rings. The zero-order chi connectivity index (χ0) is 14.9. The molecule has 3 saturated heterocycles. The van der Waals surface area contributed by atoms with Gasteiger partial charge in [0.15, 0.2) is 5.78 Å². The lowest BCUT2D eigenvalue weighted by molar-refractivity contribution is -0.125. The van der Waals surface area contributed by atoms with Crippen LogP contribution < -0.4 is 0 Å². The third kappa shape index (κ3) is 2.35. The first-order valence-corrected chi connectivity index (χ1v) is 7.97. The fourth-order valence-corrected chi connectivity index (χ4v) is 3.51. The summed E-state index contributed by atoms with van der Waals surface area (Å²) in [7, 11) is 0. The van der Waals surface area contributed by atoms with Crippen LogP contribution in [0.3, 0.4) is 0 Å². The molecule has 2 nitrogen and oxygen atoms in total. The predicted octanol–water partition coefficient (Wildman–Crippen LogP) is 3.99. The Hall–Kier alpha value is -2.35. The maximum absolute atomic E-state index is 12.4. The van der Waals surface area contributed by atoms with E-state index in [1.54, 1.807) is 0 Å². The Morgan fingerprint density at radius 1 is 0.909 bits per heavy atom. The first-order valence-electron chi connectivity index (χ1n) is 7.97. The number of benzene rings is 2. The van der Waals surface area contributed by atoms with Gasteiger partial charge < -0.3 is 4.90 Å². The van der Waals surface area contributed by atoms with E-state index in [4.69, 9.17) is 0 Å². The summed E-state index contributed by atoms with van der Waals surface area (Å²) in [6.45, 7) is 2.06. The van der Waals surface area contributed by atoms with Crippen molar-refractivity contribution in [3.63, 3.8) is 0 Å². The van der Waals surface area contributed by atoms with Gasteiger partial charge in [0.05, 0.1) is 5.70 Å². The van der Waals surface area contributed by atoms with Crippen LogP contribution in [-0.2, 0) is 4.79 Å². The second kappa shape index (κ2) is 5.45. The van der Waals surface area contributed by atoms with Gasteiger partial charge in [0, 0.05) is 19.0 Å². The van der Waals surface area contributed by atoms with E-state index >= 15 is 0 Å². The van der Waals surface area contributed by atoms with Gasteiger partial charge in [-0.1, -0.05) is 48.5 Å². The Labute approximate surface area is 131 Å².